The quantitative estimate of drug-likeness (QED) is 0.857. The van der Waals surface area contributed by atoms with Crippen molar-refractivity contribution in [2.75, 3.05) is 5.75 Å². The largest absolute Gasteiger partial charge is 0.481 e. The maximum absolute atomic E-state index is 13.7. The fourth-order valence-electron chi connectivity index (χ4n) is 1.47. The van der Waals surface area contributed by atoms with E-state index in [0.717, 1.165) is 11.8 Å². The summed E-state index contributed by atoms with van der Waals surface area (Å²) in [5.74, 6) is -1.00. The van der Waals surface area contributed by atoms with Crippen molar-refractivity contribution in [3.63, 3.8) is 0 Å². The molecule has 0 aliphatic heterocycles. The molecule has 0 atom stereocenters. The Hall–Kier alpha value is -1.89. The van der Waals surface area contributed by atoms with Crippen molar-refractivity contribution in [1.29, 1.82) is 0 Å². The molecule has 1 N–H and O–H groups in total. The van der Waals surface area contributed by atoms with Crippen molar-refractivity contribution in [1.82, 2.24) is 14.8 Å². The first kappa shape index (κ1) is 12.6. The lowest BCUT2D eigenvalue weighted by molar-refractivity contribution is -0.133. The maximum atomic E-state index is 13.7. The molecule has 0 spiro atoms. The third kappa shape index (κ3) is 2.51. The Morgan fingerprint density at radius 3 is 2.83 bits per heavy atom. The number of nitrogens with zero attached hydrogens (tertiary/aromatic N) is 3. The molecule has 2 rings (SSSR count). The highest BCUT2D eigenvalue weighted by atomic mass is 32.2. The van der Waals surface area contributed by atoms with Crippen LogP contribution in [0.5, 0.6) is 0 Å². The van der Waals surface area contributed by atoms with Crippen molar-refractivity contribution in [2.45, 2.75) is 12.1 Å². The molecule has 0 saturated carbocycles. The zero-order valence-corrected chi connectivity index (χ0v) is 10.3. The van der Waals surface area contributed by atoms with Gasteiger partial charge in [-0.2, -0.15) is 0 Å². The summed E-state index contributed by atoms with van der Waals surface area (Å²) >= 11 is 1.00. The smallest absolute Gasteiger partial charge is 0.313 e. The summed E-state index contributed by atoms with van der Waals surface area (Å²) in [6.45, 7) is 1.68. The number of carboxylic acids is 1. The number of para-hydroxylation sites is 1. The summed E-state index contributed by atoms with van der Waals surface area (Å²) in [6, 6.07) is 6.21. The van der Waals surface area contributed by atoms with E-state index >= 15 is 0 Å². The normalized spacial score (nSPS) is 10.6. The summed E-state index contributed by atoms with van der Waals surface area (Å²) in [5, 5.41) is 16.7. The summed E-state index contributed by atoms with van der Waals surface area (Å²) < 4.78 is 15.2. The van der Waals surface area contributed by atoms with Crippen LogP contribution < -0.4 is 0 Å². The van der Waals surface area contributed by atoms with E-state index in [1.807, 2.05) is 0 Å². The lowest BCUT2D eigenvalue weighted by atomic mass is 10.3. The Bertz CT molecular complexity index is 585. The molecule has 94 valence electrons. The molecule has 7 heteroatoms. The monoisotopic (exact) mass is 267 g/mol. The molecule has 1 heterocycles. The second-order valence-corrected chi connectivity index (χ2v) is 4.44. The second kappa shape index (κ2) is 5.18. The van der Waals surface area contributed by atoms with Gasteiger partial charge in [-0.1, -0.05) is 23.9 Å². The summed E-state index contributed by atoms with van der Waals surface area (Å²) in [6.07, 6.45) is 0. The number of thioether (sulfide) groups is 1. The van der Waals surface area contributed by atoms with Gasteiger partial charge in [-0.3, -0.25) is 9.36 Å². The van der Waals surface area contributed by atoms with Crippen LogP contribution in [0.4, 0.5) is 4.39 Å². The highest BCUT2D eigenvalue weighted by Crippen LogP contribution is 2.23. The number of carboxylic acid groups (broad SMARTS) is 1. The number of benzene rings is 1. The zero-order valence-electron chi connectivity index (χ0n) is 9.50. The van der Waals surface area contributed by atoms with Gasteiger partial charge in [0.15, 0.2) is 5.16 Å². The molecule has 0 bridgehead atoms. The average molecular weight is 267 g/mol. The van der Waals surface area contributed by atoms with Gasteiger partial charge in [-0.15, -0.1) is 10.2 Å². The number of halogens is 1. The molecule has 1 aromatic heterocycles. The third-order valence-electron chi connectivity index (χ3n) is 2.21. The van der Waals surface area contributed by atoms with Gasteiger partial charge in [0, 0.05) is 0 Å². The van der Waals surface area contributed by atoms with E-state index in [2.05, 4.69) is 10.2 Å². The van der Waals surface area contributed by atoms with Crippen LogP contribution in [0.3, 0.4) is 0 Å². The van der Waals surface area contributed by atoms with E-state index in [0.29, 0.717) is 16.7 Å². The van der Waals surface area contributed by atoms with Gasteiger partial charge in [-0.25, -0.2) is 4.39 Å². The minimum absolute atomic E-state index is 0.146. The molecule has 5 nitrogen and oxygen atoms in total. The van der Waals surface area contributed by atoms with Gasteiger partial charge in [0.25, 0.3) is 0 Å². The van der Waals surface area contributed by atoms with Crippen LogP contribution in [0.1, 0.15) is 5.82 Å². The number of rotatable bonds is 4. The molecule has 2 aromatic rings. The Balaban J connectivity index is 2.41. The highest BCUT2D eigenvalue weighted by molar-refractivity contribution is 7.99. The zero-order chi connectivity index (χ0) is 13.1. The molecule has 0 saturated heterocycles. The first-order valence-electron chi connectivity index (χ1n) is 5.11. The molecule has 0 aliphatic rings. The summed E-state index contributed by atoms with van der Waals surface area (Å²) in [7, 11) is 0. The minimum Gasteiger partial charge on any atom is -0.481 e. The molecule has 0 unspecified atom stereocenters. The van der Waals surface area contributed by atoms with Gasteiger partial charge in [0.05, 0.1) is 11.4 Å². The lowest BCUT2D eigenvalue weighted by Gasteiger charge is -2.08. The molecular formula is C11H10FN3O2S. The highest BCUT2D eigenvalue weighted by Gasteiger charge is 2.15. The van der Waals surface area contributed by atoms with E-state index in [4.69, 9.17) is 5.11 Å². The number of aliphatic carboxylic acids is 1. The predicted molar refractivity (Wildman–Crippen MR) is 64.4 cm³/mol. The SMILES string of the molecule is Cc1nnc(SCC(=O)O)n1-c1ccccc1F. The van der Waals surface area contributed by atoms with Crippen LogP contribution in [-0.4, -0.2) is 31.6 Å². The fourth-order valence-corrected chi connectivity index (χ4v) is 2.18. The fraction of sp³-hybridized carbons (Fsp3) is 0.182. The van der Waals surface area contributed by atoms with Crippen molar-refractivity contribution in [3.05, 3.63) is 35.9 Å². The lowest BCUT2D eigenvalue weighted by Crippen LogP contribution is -2.04. The second-order valence-electron chi connectivity index (χ2n) is 3.50. The van der Waals surface area contributed by atoms with Gasteiger partial charge in [0.1, 0.15) is 11.6 Å². The van der Waals surface area contributed by atoms with Crippen LogP contribution in [0.2, 0.25) is 0 Å². The summed E-state index contributed by atoms with van der Waals surface area (Å²) in [4.78, 5) is 10.5. The van der Waals surface area contributed by atoms with Gasteiger partial charge < -0.3 is 5.11 Å². The van der Waals surface area contributed by atoms with Crippen molar-refractivity contribution in [2.24, 2.45) is 0 Å². The van der Waals surface area contributed by atoms with E-state index < -0.39 is 11.8 Å². The van der Waals surface area contributed by atoms with Crippen molar-refractivity contribution >= 4 is 17.7 Å². The number of aromatic nitrogens is 3. The van der Waals surface area contributed by atoms with E-state index in [9.17, 15) is 9.18 Å². The average Bonchev–Trinajstić information content (AvgIpc) is 2.69. The van der Waals surface area contributed by atoms with Crippen LogP contribution in [-0.2, 0) is 4.79 Å². The molecule has 18 heavy (non-hydrogen) atoms. The van der Waals surface area contributed by atoms with Crippen LogP contribution in [0, 0.1) is 12.7 Å². The Morgan fingerprint density at radius 2 is 2.17 bits per heavy atom. The van der Waals surface area contributed by atoms with Crippen LogP contribution in [0.15, 0.2) is 29.4 Å². The van der Waals surface area contributed by atoms with Crippen molar-refractivity contribution in [3.8, 4) is 5.69 Å². The number of hydrogen-bond acceptors (Lipinski definition) is 4. The number of hydrogen-bond donors (Lipinski definition) is 1. The number of carbonyl (C=O) groups is 1. The first-order chi connectivity index (χ1) is 8.59. The Kier molecular flexibility index (Phi) is 3.61. The van der Waals surface area contributed by atoms with E-state index in [1.165, 1.54) is 10.6 Å². The van der Waals surface area contributed by atoms with E-state index in [1.54, 1.807) is 25.1 Å². The Morgan fingerprint density at radius 1 is 1.44 bits per heavy atom. The van der Waals surface area contributed by atoms with Gasteiger partial charge in [0.2, 0.25) is 0 Å². The van der Waals surface area contributed by atoms with Crippen LogP contribution in [0.25, 0.3) is 5.69 Å². The number of aryl methyl sites for hydroxylation is 1. The van der Waals surface area contributed by atoms with Crippen molar-refractivity contribution < 1.29 is 14.3 Å². The maximum Gasteiger partial charge on any atom is 0.313 e. The van der Waals surface area contributed by atoms with Gasteiger partial charge in [-0.05, 0) is 19.1 Å². The summed E-state index contributed by atoms with van der Waals surface area (Å²) in [5.41, 5.74) is 0.313. The molecule has 0 fully saturated rings. The first-order valence-corrected chi connectivity index (χ1v) is 6.09. The predicted octanol–water partition coefficient (Wildman–Crippen LogP) is 1.89. The van der Waals surface area contributed by atoms with Crippen LogP contribution >= 0.6 is 11.8 Å². The Labute approximate surface area is 107 Å². The van der Waals surface area contributed by atoms with Gasteiger partial charge >= 0.3 is 5.97 Å². The molecular weight excluding hydrogens is 257 g/mol. The molecule has 1 aromatic carbocycles. The standard InChI is InChI=1S/C11H10FN3O2S/c1-7-13-14-11(18-6-10(16)17)15(7)9-5-3-2-4-8(9)12/h2-5H,6H2,1H3,(H,16,17). The van der Waals surface area contributed by atoms with E-state index in [-0.39, 0.29) is 5.75 Å². The minimum atomic E-state index is -0.958. The third-order valence-corrected chi connectivity index (χ3v) is 3.13. The topological polar surface area (TPSA) is 68.0 Å². The molecule has 0 radical (unpaired) electrons. The molecule has 0 amide bonds. The molecule has 0 aliphatic carbocycles.